The van der Waals surface area contributed by atoms with E-state index in [2.05, 4.69) is 24.8 Å². The van der Waals surface area contributed by atoms with Crippen LogP contribution in [0.25, 0.3) is 5.57 Å². The topological polar surface area (TPSA) is 53.3 Å². The molecule has 0 unspecified atom stereocenters. The maximum absolute atomic E-state index is 13.5. The summed E-state index contributed by atoms with van der Waals surface area (Å²) in [6, 6.07) is 13.6. The first kappa shape index (κ1) is 18.5. The molecule has 142 valence electrons. The molecule has 4 rings (SSSR count). The van der Waals surface area contributed by atoms with Crippen molar-refractivity contribution in [1.82, 2.24) is 4.90 Å². The fourth-order valence-electron chi connectivity index (χ4n) is 4.40. The molecular formula is C24H24N2O2. The molecule has 0 aromatic heterocycles. The first-order valence-electron chi connectivity index (χ1n) is 9.57. The van der Waals surface area contributed by atoms with Crippen molar-refractivity contribution < 1.29 is 9.53 Å². The molecular weight excluding hydrogens is 348 g/mol. The zero-order chi connectivity index (χ0) is 20.1. The number of fused-ring (bicyclic) bond motifs is 3. The first-order valence-corrected chi connectivity index (χ1v) is 9.57. The molecule has 0 spiro atoms. The standard InChI is InChI=1S/C24H24N2O2/c1-24(2)19-13-16-12-15(14-25)8-9-17(16)21(19)23(27)18-6-5-7-20(22(18)24)28-11-10-26(3)4/h5-9,12H,10-11,13H2,1-4H3. The van der Waals surface area contributed by atoms with E-state index in [1.54, 1.807) is 6.07 Å². The van der Waals surface area contributed by atoms with Gasteiger partial charge < -0.3 is 9.64 Å². The molecule has 0 atom stereocenters. The molecule has 2 aliphatic rings. The quantitative estimate of drug-likeness (QED) is 0.815. The van der Waals surface area contributed by atoms with Crippen LogP contribution in [-0.4, -0.2) is 37.9 Å². The molecule has 2 aromatic carbocycles. The van der Waals surface area contributed by atoms with Crippen molar-refractivity contribution in [3.63, 3.8) is 0 Å². The number of hydrogen-bond acceptors (Lipinski definition) is 4. The van der Waals surface area contributed by atoms with Gasteiger partial charge in [-0.1, -0.05) is 32.0 Å². The minimum absolute atomic E-state index is 0.0610. The Hall–Kier alpha value is -2.90. The van der Waals surface area contributed by atoms with E-state index >= 15 is 0 Å². The molecule has 0 heterocycles. The van der Waals surface area contributed by atoms with E-state index in [4.69, 9.17) is 4.74 Å². The Kier molecular flexibility index (Phi) is 4.36. The third kappa shape index (κ3) is 2.75. The number of benzene rings is 2. The number of ether oxygens (including phenoxy) is 1. The lowest BCUT2D eigenvalue weighted by Gasteiger charge is -2.35. The zero-order valence-corrected chi connectivity index (χ0v) is 16.8. The Bertz CT molecular complexity index is 1050. The van der Waals surface area contributed by atoms with Gasteiger partial charge >= 0.3 is 0 Å². The van der Waals surface area contributed by atoms with Crippen LogP contribution in [-0.2, 0) is 11.8 Å². The Balaban J connectivity index is 1.80. The van der Waals surface area contributed by atoms with Gasteiger partial charge in [-0.25, -0.2) is 0 Å². The lowest BCUT2D eigenvalue weighted by atomic mass is 9.68. The van der Waals surface area contributed by atoms with Gasteiger partial charge in [-0.05, 0) is 55.4 Å². The summed E-state index contributed by atoms with van der Waals surface area (Å²) in [7, 11) is 4.03. The second-order valence-electron chi connectivity index (χ2n) is 8.30. The van der Waals surface area contributed by atoms with Gasteiger partial charge in [0.1, 0.15) is 12.4 Å². The van der Waals surface area contributed by atoms with Gasteiger partial charge in [-0.3, -0.25) is 4.79 Å². The first-order chi connectivity index (χ1) is 13.3. The predicted octanol–water partition coefficient (Wildman–Crippen LogP) is 3.98. The second-order valence-corrected chi connectivity index (χ2v) is 8.30. The summed E-state index contributed by atoms with van der Waals surface area (Å²) in [5.41, 5.74) is 5.98. The van der Waals surface area contributed by atoms with Crippen LogP contribution in [0.2, 0.25) is 0 Å². The summed E-state index contributed by atoms with van der Waals surface area (Å²) < 4.78 is 6.10. The molecule has 0 fully saturated rings. The van der Waals surface area contributed by atoms with Gasteiger partial charge in [0, 0.05) is 28.7 Å². The number of nitriles is 1. The molecule has 0 N–H and O–H groups in total. The number of Topliss-reactive ketones (excluding diaryl/α,β-unsaturated/α-hetero) is 1. The van der Waals surface area contributed by atoms with Gasteiger partial charge in [0.05, 0.1) is 11.6 Å². The summed E-state index contributed by atoms with van der Waals surface area (Å²) >= 11 is 0. The van der Waals surface area contributed by atoms with Crippen LogP contribution in [0.4, 0.5) is 0 Å². The van der Waals surface area contributed by atoms with Gasteiger partial charge in [-0.15, -0.1) is 0 Å². The van der Waals surface area contributed by atoms with E-state index in [0.717, 1.165) is 45.7 Å². The van der Waals surface area contributed by atoms with Crippen LogP contribution in [0.15, 0.2) is 42.0 Å². The Morgan fingerprint density at radius 2 is 1.96 bits per heavy atom. The van der Waals surface area contributed by atoms with E-state index in [1.807, 2.05) is 44.4 Å². The van der Waals surface area contributed by atoms with Crippen LogP contribution in [0, 0.1) is 11.3 Å². The average Bonchev–Trinajstić information content (AvgIpc) is 3.05. The highest BCUT2D eigenvalue weighted by molar-refractivity contribution is 6.33. The lowest BCUT2D eigenvalue weighted by Crippen LogP contribution is -2.31. The maximum Gasteiger partial charge on any atom is 0.194 e. The van der Waals surface area contributed by atoms with Crippen molar-refractivity contribution in [1.29, 1.82) is 5.26 Å². The molecule has 0 bridgehead atoms. The fourth-order valence-corrected chi connectivity index (χ4v) is 4.40. The SMILES string of the molecule is CN(C)CCOc1cccc2c1C(C)(C)C1=C(C2=O)c2ccc(C#N)cc2C1. The van der Waals surface area contributed by atoms with Crippen LogP contribution in [0.5, 0.6) is 5.75 Å². The van der Waals surface area contributed by atoms with E-state index in [-0.39, 0.29) is 11.2 Å². The maximum atomic E-state index is 13.5. The summed E-state index contributed by atoms with van der Waals surface area (Å²) in [6.45, 7) is 5.73. The smallest absolute Gasteiger partial charge is 0.194 e. The van der Waals surface area contributed by atoms with Crippen molar-refractivity contribution in [2.75, 3.05) is 27.2 Å². The second kappa shape index (κ2) is 6.61. The molecule has 0 amide bonds. The molecule has 2 aliphatic carbocycles. The number of allylic oxidation sites excluding steroid dienone is 2. The monoisotopic (exact) mass is 372 g/mol. The molecule has 0 aliphatic heterocycles. The summed E-state index contributed by atoms with van der Waals surface area (Å²) in [6.07, 6.45) is 0.699. The highest BCUT2D eigenvalue weighted by Gasteiger charge is 2.44. The van der Waals surface area contributed by atoms with Gasteiger partial charge in [0.15, 0.2) is 5.78 Å². The van der Waals surface area contributed by atoms with Crippen molar-refractivity contribution in [3.8, 4) is 11.8 Å². The number of hydrogen-bond donors (Lipinski definition) is 0. The Morgan fingerprint density at radius 1 is 1.18 bits per heavy atom. The fraction of sp³-hybridized carbons (Fsp3) is 0.333. The minimum atomic E-state index is -0.320. The lowest BCUT2D eigenvalue weighted by molar-refractivity contribution is 0.105. The van der Waals surface area contributed by atoms with Crippen LogP contribution < -0.4 is 4.74 Å². The average molecular weight is 372 g/mol. The summed E-state index contributed by atoms with van der Waals surface area (Å²) in [4.78, 5) is 15.5. The largest absolute Gasteiger partial charge is 0.492 e. The number of likely N-dealkylation sites (N-methyl/N-ethyl adjacent to an activating group) is 1. The van der Waals surface area contributed by atoms with E-state index in [1.165, 1.54) is 0 Å². The number of carbonyl (C=O) groups is 1. The highest BCUT2D eigenvalue weighted by Crippen LogP contribution is 2.52. The van der Waals surface area contributed by atoms with Crippen LogP contribution in [0.1, 0.15) is 46.5 Å². The van der Waals surface area contributed by atoms with E-state index in [0.29, 0.717) is 18.6 Å². The molecule has 4 nitrogen and oxygen atoms in total. The van der Waals surface area contributed by atoms with Crippen molar-refractivity contribution >= 4 is 11.4 Å². The zero-order valence-electron chi connectivity index (χ0n) is 16.8. The van der Waals surface area contributed by atoms with Crippen LogP contribution >= 0.6 is 0 Å². The number of nitrogens with zero attached hydrogens (tertiary/aromatic N) is 2. The van der Waals surface area contributed by atoms with Gasteiger partial charge in [0.25, 0.3) is 0 Å². The molecule has 0 saturated heterocycles. The van der Waals surface area contributed by atoms with E-state index < -0.39 is 0 Å². The van der Waals surface area contributed by atoms with Gasteiger partial charge in [-0.2, -0.15) is 5.26 Å². The molecule has 2 aromatic rings. The highest BCUT2D eigenvalue weighted by atomic mass is 16.5. The van der Waals surface area contributed by atoms with Gasteiger partial charge in [0.2, 0.25) is 0 Å². The third-order valence-corrected chi connectivity index (χ3v) is 5.85. The van der Waals surface area contributed by atoms with Crippen LogP contribution in [0.3, 0.4) is 0 Å². The third-order valence-electron chi connectivity index (χ3n) is 5.85. The number of rotatable bonds is 4. The van der Waals surface area contributed by atoms with Crippen molar-refractivity contribution in [2.24, 2.45) is 0 Å². The minimum Gasteiger partial charge on any atom is -0.492 e. The van der Waals surface area contributed by atoms with Crippen molar-refractivity contribution in [2.45, 2.75) is 25.7 Å². The Labute approximate surface area is 166 Å². The predicted molar refractivity (Wildman–Crippen MR) is 110 cm³/mol. The molecule has 0 radical (unpaired) electrons. The molecule has 0 saturated carbocycles. The molecule has 28 heavy (non-hydrogen) atoms. The number of ketones is 1. The van der Waals surface area contributed by atoms with Crippen molar-refractivity contribution in [3.05, 3.63) is 69.8 Å². The normalized spacial score (nSPS) is 16.5. The van der Waals surface area contributed by atoms with E-state index in [9.17, 15) is 10.1 Å². The Morgan fingerprint density at radius 3 is 2.68 bits per heavy atom. The molecule has 4 heteroatoms. The summed E-state index contributed by atoms with van der Waals surface area (Å²) in [5.74, 6) is 0.851. The summed E-state index contributed by atoms with van der Waals surface area (Å²) in [5, 5.41) is 9.23. The number of carbonyl (C=O) groups excluding carboxylic acids is 1.